The Bertz CT molecular complexity index is 499. The van der Waals surface area contributed by atoms with Crippen LogP contribution in [0.25, 0.3) is 10.7 Å². The third-order valence-corrected chi connectivity index (χ3v) is 2.90. The minimum atomic E-state index is 0.0399. The van der Waals surface area contributed by atoms with Crippen molar-refractivity contribution in [1.29, 1.82) is 0 Å². The molecule has 6 heteroatoms. The largest absolute Gasteiger partial charge is 0.461 e. The lowest BCUT2D eigenvalue weighted by Crippen LogP contribution is -2.11. The zero-order chi connectivity index (χ0) is 13.0. The summed E-state index contributed by atoms with van der Waals surface area (Å²) in [7, 11) is 0. The Kier molecular flexibility index (Phi) is 4.09. The minimum absolute atomic E-state index is 0.0399. The van der Waals surface area contributed by atoms with Crippen molar-refractivity contribution >= 4 is 17.3 Å². The second-order valence-corrected chi connectivity index (χ2v) is 4.89. The lowest BCUT2D eigenvalue weighted by Gasteiger charge is -2.10. The Morgan fingerprint density at radius 1 is 1.33 bits per heavy atom. The van der Waals surface area contributed by atoms with E-state index in [0.29, 0.717) is 17.8 Å². The van der Waals surface area contributed by atoms with Gasteiger partial charge in [0.1, 0.15) is 0 Å². The predicted octanol–water partition coefficient (Wildman–Crippen LogP) is 2.82. The maximum atomic E-state index is 5.54. The fraction of sp³-hybridized carbons (Fsp3) is 0.417. The van der Waals surface area contributed by atoms with Crippen LogP contribution in [0.5, 0.6) is 6.01 Å². The summed E-state index contributed by atoms with van der Waals surface area (Å²) in [4.78, 5) is 13.9. The van der Waals surface area contributed by atoms with Gasteiger partial charge in [-0.1, -0.05) is 6.07 Å². The van der Waals surface area contributed by atoms with Crippen molar-refractivity contribution in [2.75, 3.05) is 11.9 Å². The van der Waals surface area contributed by atoms with Crippen LogP contribution in [-0.2, 0) is 0 Å². The molecular formula is C12H16N4OS. The van der Waals surface area contributed by atoms with Gasteiger partial charge in [-0.05, 0) is 32.2 Å². The second-order valence-electron chi connectivity index (χ2n) is 3.94. The van der Waals surface area contributed by atoms with E-state index in [2.05, 4.69) is 20.3 Å². The first kappa shape index (κ1) is 12.8. The van der Waals surface area contributed by atoms with E-state index in [0.717, 1.165) is 11.4 Å². The molecule has 1 N–H and O–H groups in total. The predicted molar refractivity (Wildman–Crippen MR) is 73.1 cm³/mol. The van der Waals surface area contributed by atoms with Gasteiger partial charge in [0.05, 0.1) is 11.0 Å². The van der Waals surface area contributed by atoms with E-state index in [1.807, 2.05) is 38.3 Å². The Hall–Kier alpha value is -1.69. The van der Waals surface area contributed by atoms with Gasteiger partial charge in [0.15, 0.2) is 5.82 Å². The van der Waals surface area contributed by atoms with Crippen molar-refractivity contribution in [2.24, 2.45) is 0 Å². The first-order valence-corrected chi connectivity index (χ1v) is 6.77. The molecule has 96 valence electrons. The minimum Gasteiger partial charge on any atom is -0.461 e. The molecule has 0 unspecified atom stereocenters. The highest BCUT2D eigenvalue weighted by Gasteiger charge is 2.10. The zero-order valence-electron chi connectivity index (χ0n) is 10.7. The second kappa shape index (κ2) is 5.77. The number of ether oxygens (including phenoxy) is 1. The van der Waals surface area contributed by atoms with Gasteiger partial charge in [-0.25, -0.2) is 0 Å². The van der Waals surface area contributed by atoms with Crippen LogP contribution in [0.15, 0.2) is 17.5 Å². The van der Waals surface area contributed by atoms with E-state index < -0.39 is 0 Å². The molecule has 0 aliphatic carbocycles. The molecule has 2 aromatic heterocycles. The highest BCUT2D eigenvalue weighted by Crippen LogP contribution is 2.23. The highest BCUT2D eigenvalue weighted by atomic mass is 32.1. The molecule has 0 amide bonds. The Morgan fingerprint density at radius 2 is 2.17 bits per heavy atom. The summed E-state index contributed by atoms with van der Waals surface area (Å²) in [6.07, 6.45) is 0.0399. The lowest BCUT2D eigenvalue weighted by molar-refractivity contribution is 0.222. The van der Waals surface area contributed by atoms with Gasteiger partial charge in [-0.15, -0.1) is 11.3 Å². The first-order chi connectivity index (χ1) is 8.69. The van der Waals surface area contributed by atoms with Crippen LogP contribution in [0.4, 0.5) is 5.95 Å². The van der Waals surface area contributed by atoms with Gasteiger partial charge in [0, 0.05) is 6.54 Å². The molecule has 0 aliphatic rings. The number of hydrogen-bond donors (Lipinski definition) is 1. The summed E-state index contributed by atoms with van der Waals surface area (Å²) in [5.41, 5.74) is 0. The monoisotopic (exact) mass is 264 g/mol. The van der Waals surface area contributed by atoms with Crippen LogP contribution in [-0.4, -0.2) is 27.6 Å². The topological polar surface area (TPSA) is 59.9 Å². The third-order valence-electron chi connectivity index (χ3n) is 2.03. The normalized spacial score (nSPS) is 10.7. The van der Waals surface area contributed by atoms with E-state index in [1.165, 1.54) is 0 Å². The molecular weight excluding hydrogens is 248 g/mol. The molecule has 0 aromatic carbocycles. The zero-order valence-corrected chi connectivity index (χ0v) is 11.5. The van der Waals surface area contributed by atoms with E-state index in [9.17, 15) is 0 Å². The Morgan fingerprint density at radius 3 is 2.78 bits per heavy atom. The van der Waals surface area contributed by atoms with E-state index >= 15 is 0 Å². The number of nitrogens with one attached hydrogen (secondary N) is 1. The molecule has 0 bridgehead atoms. The van der Waals surface area contributed by atoms with Crippen LogP contribution in [0, 0.1) is 0 Å². The summed E-state index contributed by atoms with van der Waals surface area (Å²) in [5.74, 6) is 1.19. The number of hydrogen-bond acceptors (Lipinski definition) is 6. The summed E-state index contributed by atoms with van der Waals surface area (Å²) in [6.45, 7) is 6.65. The van der Waals surface area contributed by atoms with Crippen LogP contribution in [0.3, 0.4) is 0 Å². The molecule has 0 atom stereocenters. The maximum Gasteiger partial charge on any atom is 0.322 e. The summed E-state index contributed by atoms with van der Waals surface area (Å²) in [5, 5.41) is 5.08. The summed E-state index contributed by atoms with van der Waals surface area (Å²) >= 11 is 1.59. The van der Waals surface area contributed by atoms with Crippen LogP contribution in [0.1, 0.15) is 20.8 Å². The molecule has 0 aliphatic heterocycles. The molecule has 18 heavy (non-hydrogen) atoms. The van der Waals surface area contributed by atoms with Gasteiger partial charge in [-0.3, -0.25) is 0 Å². The van der Waals surface area contributed by atoms with Gasteiger partial charge in [0.25, 0.3) is 0 Å². The van der Waals surface area contributed by atoms with Crippen LogP contribution < -0.4 is 10.1 Å². The smallest absolute Gasteiger partial charge is 0.322 e. The van der Waals surface area contributed by atoms with Crippen molar-refractivity contribution in [1.82, 2.24) is 15.0 Å². The maximum absolute atomic E-state index is 5.54. The van der Waals surface area contributed by atoms with Crippen LogP contribution >= 0.6 is 11.3 Å². The van der Waals surface area contributed by atoms with Crippen molar-refractivity contribution < 1.29 is 4.74 Å². The first-order valence-electron chi connectivity index (χ1n) is 5.89. The summed E-state index contributed by atoms with van der Waals surface area (Å²) in [6, 6.07) is 4.31. The molecule has 2 rings (SSSR count). The summed E-state index contributed by atoms with van der Waals surface area (Å²) < 4.78 is 5.54. The number of rotatable bonds is 5. The van der Waals surface area contributed by atoms with E-state index in [-0.39, 0.29) is 6.10 Å². The SMILES string of the molecule is CCNc1nc(OC(C)C)nc(-c2cccs2)n1. The average molecular weight is 264 g/mol. The van der Waals surface area contributed by atoms with Crippen molar-refractivity contribution in [2.45, 2.75) is 26.9 Å². The van der Waals surface area contributed by atoms with E-state index in [4.69, 9.17) is 4.74 Å². The molecule has 2 heterocycles. The Balaban J connectivity index is 2.36. The fourth-order valence-corrected chi connectivity index (χ4v) is 2.03. The van der Waals surface area contributed by atoms with Gasteiger partial charge in [-0.2, -0.15) is 15.0 Å². The molecule has 0 radical (unpaired) electrons. The van der Waals surface area contributed by atoms with Gasteiger partial charge >= 0.3 is 6.01 Å². The number of thiophene rings is 1. The molecule has 5 nitrogen and oxygen atoms in total. The quantitative estimate of drug-likeness (QED) is 0.899. The lowest BCUT2D eigenvalue weighted by atomic mass is 10.4. The highest BCUT2D eigenvalue weighted by molar-refractivity contribution is 7.13. The standard InChI is InChI=1S/C12H16N4OS/c1-4-13-11-14-10(9-6-5-7-18-9)15-12(16-11)17-8(2)3/h5-8H,4H2,1-3H3,(H,13,14,15,16). The fourth-order valence-electron chi connectivity index (χ4n) is 1.37. The van der Waals surface area contributed by atoms with Gasteiger partial charge < -0.3 is 10.1 Å². The van der Waals surface area contributed by atoms with Crippen LogP contribution in [0.2, 0.25) is 0 Å². The van der Waals surface area contributed by atoms with Crippen molar-refractivity contribution in [3.8, 4) is 16.7 Å². The van der Waals surface area contributed by atoms with Crippen molar-refractivity contribution in [3.05, 3.63) is 17.5 Å². The molecule has 0 fully saturated rings. The Labute approximate surface area is 110 Å². The molecule has 2 aromatic rings. The average Bonchev–Trinajstić information content (AvgIpc) is 2.81. The molecule has 0 spiro atoms. The van der Waals surface area contributed by atoms with Crippen molar-refractivity contribution in [3.63, 3.8) is 0 Å². The number of anilines is 1. The van der Waals surface area contributed by atoms with E-state index in [1.54, 1.807) is 11.3 Å². The number of nitrogens with zero attached hydrogens (tertiary/aromatic N) is 3. The van der Waals surface area contributed by atoms with Gasteiger partial charge in [0.2, 0.25) is 5.95 Å². The third kappa shape index (κ3) is 3.16. The molecule has 0 saturated carbocycles. The number of aromatic nitrogens is 3. The molecule has 0 saturated heterocycles.